The Morgan fingerprint density at radius 1 is 1.11 bits per heavy atom. The average molecular weight is 406 g/mol. The van der Waals surface area contributed by atoms with Gasteiger partial charge in [0.15, 0.2) is 6.10 Å². The summed E-state index contributed by atoms with van der Waals surface area (Å²) in [5.41, 5.74) is 1.31. The van der Waals surface area contributed by atoms with Crippen molar-refractivity contribution < 1.29 is 27.5 Å². The second kappa shape index (κ2) is 9.34. The fourth-order valence-electron chi connectivity index (χ4n) is 2.24. The van der Waals surface area contributed by atoms with E-state index < -0.39 is 28.0 Å². The number of hydrogen-bond donors (Lipinski definition) is 2. The molecule has 0 fully saturated rings. The molecule has 2 aromatic carbocycles. The lowest BCUT2D eigenvalue weighted by Gasteiger charge is -2.14. The predicted octanol–water partition coefficient (Wildman–Crippen LogP) is 1.98. The molecule has 0 bridgehead atoms. The maximum Gasteiger partial charge on any atom is 0.310 e. The van der Waals surface area contributed by atoms with Gasteiger partial charge in [-0.2, -0.15) is 0 Å². The summed E-state index contributed by atoms with van der Waals surface area (Å²) in [4.78, 5) is 23.9. The smallest absolute Gasteiger partial charge is 0.310 e. The number of rotatable bonds is 8. The third kappa shape index (κ3) is 6.36. The Balaban J connectivity index is 1.79. The molecule has 3 N–H and O–H groups in total. The first-order valence-corrected chi connectivity index (χ1v) is 10.0. The van der Waals surface area contributed by atoms with Gasteiger partial charge in [-0.05, 0) is 49.7 Å². The number of carbonyl (C=O) groups is 2. The van der Waals surface area contributed by atoms with E-state index in [1.54, 1.807) is 6.07 Å². The molecule has 1 amide bonds. The van der Waals surface area contributed by atoms with Gasteiger partial charge in [0.05, 0.1) is 17.9 Å². The van der Waals surface area contributed by atoms with Gasteiger partial charge in [-0.25, -0.2) is 13.6 Å². The van der Waals surface area contributed by atoms with E-state index in [0.717, 1.165) is 5.56 Å². The maximum absolute atomic E-state index is 12.1. The van der Waals surface area contributed by atoms with E-state index in [-0.39, 0.29) is 17.9 Å². The van der Waals surface area contributed by atoms with Crippen LogP contribution in [0.5, 0.6) is 5.75 Å². The number of esters is 1. The van der Waals surface area contributed by atoms with Gasteiger partial charge < -0.3 is 14.8 Å². The molecule has 28 heavy (non-hydrogen) atoms. The van der Waals surface area contributed by atoms with Crippen LogP contribution in [0.2, 0.25) is 0 Å². The number of benzene rings is 2. The average Bonchev–Trinajstić information content (AvgIpc) is 2.63. The van der Waals surface area contributed by atoms with Crippen LogP contribution in [0.25, 0.3) is 0 Å². The lowest BCUT2D eigenvalue weighted by Crippen LogP contribution is -2.30. The highest BCUT2D eigenvalue weighted by molar-refractivity contribution is 7.89. The normalized spacial score (nSPS) is 12.1. The fraction of sp³-hybridized carbons (Fsp3) is 0.263. The van der Waals surface area contributed by atoms with Crippen molar-refractivity contribution in [1.29, 1.82) is 0 Å². The van der Waals surface area contributed by atoms with Gasteiger partial charge >= 0.3 is 5.97 Å². The topological polar surface area (TPSA) is 125 Å². The van der Waals surface area contributed by atoms with E-state index in [4.69, 9.17) is 14.6 Å². The molecule has 0 radical (unpaired) electrons. The van der Waals surface area contributed by atoms with Crippen LogP contribution in [-0.2, 0) is 24.3 Å². The van der Waals surface area contributed by atoms with Gasteiger partial charge in [0.1, 0.15) is 5.75 Å². The highest BCUT2D eigenvalue weighted by atomic mass is 32.2. The highest BCUT2D eigenvalue weighted by Gasteiger charge is 2.18. The van der Waals surface area contributed by atoms with E-state index >= 15 is 0 Å². The van der Waals surface area contributed by atoms with Gasteiger partial charge in [-0.15, -0.1) is 0 Å². The van der Waals surface area contributed by atoms with Crippen molar-refractivity contribution in [3.63, 3.8) is 0 Å². The monoisotopic (exact) mass is 406 g/mol. The van der Waals surface area contributed by atoms with Crippen LogP contribution >= 0.6 is 0 Å². The van der Waals surface area contributed by atoms with E-state index in [0.29, 0.717) is 11.4 Å². The summed E-state index contributed by atoms with van der Waals surface area (Å²) in [7, 11) is -3.81. The second-order valence-electron chi connectivity index (χ2n) is 6.05. The minimum atomic E-state index is -3.81. The van der Waals surface area contributed by atoms with Crippen LogP contribution in [-0.4, -0.2) is 33.0 Å². The quantitative estimate of drug-likeness (QED) is 0.646. The molecule has 0 aromatic heterocycles. The Morgan fingerprint density at radius 3 is 2.36 bits per heavy atom. The number of amides is 1. The van der Waals surface area contributed by atoms with Crippen LogP contribution in [0.15, 0.2) is 53.4 Å². The van der Waals surface area contributed by atoms with E-state index in [2.05, 4.69) is 5.32 Å². The Labute approximate surface area is 163 Å². The zero-order valence-electron chi connectivity index (χ0n) is 15.5. The first kappa shape index (κ1) is 21.4. The van der Waals surface area contributed by atoms with Crippen molar-refractivity contribution in [3.05, 3.63) is 54.1 Å². The summed E-state index contributed by atoms with van der Waals surface area (Å²) < 4.78 is 33.0. The summed E-state index contributed by atoms with van der Waals surface area (Å²) in [5.74, 6) is -0.429. The van der Waals surface area contributed by atoms with Gasteiger partial charge in [0, 0.05) is 5.69 Å². The molecule has 0 heterocycles. The molecule has 0 saturated carbocycles. The molecule has 0 aliphatic rings. The lowest BCUT2D eigenvalue weighted by molar-refractivity contribution is -0.153. The Morgan fingerprint density at radius 2 is 1.75 bits per heavy atom. The number of nitrogens with one attached hydrogen (secondary N) is 1. The number of ether oxygens (including phenoxy) is 2. The Hall–Kier alpha value is -2.91. The highest BCUT2D eigenvalue weighted by Crippen LogP contribution is 2.16. The number of para-hydroxylation sites is 1. The van der Waals surface area contributed by atoms with Gasteiger partial charge in [0.25, 0.3) is 5.91 Å². The molecule has 150 valence electrons. The van der Waals surface area contributed by atoms with Crippen LogP contribution in [0.4, 0.5) is 5.69 Å². The van der Waals surface area contributed by atoms with Gasteiger partial charge in [0.2, 0.25) is 10.0 Å². The van der Waals surface area contributed by atoms with Crippen LogP contribution < -0.4 is 15.2 Å². The molecule has 8 nitrogen and oxygen atoms in total. The van der Waals surface area contributed by atoms with Crippen LogP contribution in [0, 0.1) is 6.92 Å². The molecule has 1 atom stereocenters. The molecule has 0 spiro atoms. The molecular weight excluding hydrogens is 384 g/mol. The first-order valence-electron chi connectivity index (χ1n) is 8.48. The molecule has 0 aliphatic carbocycles. The molecule has 0 saturated heterocycles. The first-order chi connectivity index (χ1) is 13.2. The van der Waals surface area contributed by atoms with Crippen molar-refractivity contribution in [2.24, 2.45) is 5.14 Å². The molecule has 2 aromatic rings. The molecular formula is C19H22N2O6S. The molecule has 0 aliphatic heterocycles. The summed E-state index contributed by atoms with van der Waals surface area (Å²) >= 11 is 0. The van der Waals surface area contributed by atoms with E-state index in [1.807, 2.05) is 25.1 Å². The SMILES string of the molecule is Cc1ccccc1OCCC(=O)OC(C)C(=O)Nc1ccc(S(N)(=O)=O)cc1. The number of aryl methyl sites for hydroxylation is 1. The second-order valence-corrected chi connectivity index (χ2v) is 7.62. The molecule has 2 rings (SSSR count). The van der Waals surface area contributed by atoms with Crippen molar-refractivity contribution in [2.45, 2.75) is 31.3 Å². The number of sulfonamides is 1. The zero-order chi connectivity index (χ0) is 20.7. The predicted molar refractivity (Wildman–Crippen MR) is 103 cm³/mol. The zero-order valence-corrected chi connectivity index (χ0v) is 16.4. The number of primary sulfonamides is 1. The standard InChI is InChI=1S/C19H22N2O6S/c1-13-5-3-4-6-17(13)26-12-11-18(22)27-14(2)19(23)21-15-7-9-16(10-8-15)28(20,24)25/h3-10,14H,11-12H2,1-2H3,(H,21,23)(H2,20,24,25). The summed E-state index contributed by atoms with van der Waals surface area (Å²) in [6.07, 6.45) is -1.03. The molecule has 1 unspecified atom stereocenters. The van der Waals surface area contributed by atoms with Gasteiger partial charge in [-0.3, -0.25) is 9.59 Å². The van der Waals surface area contributed by atoms with Crippen molar-refractivity contribution in [3.8, 4) is 5.75 Å². The number of nitrogens with two attached hydrogens (primary N) is 1. The third-order valence-electron chi connectivity index (χ3n) is 3.79. The summed E-state index contributed by atoms with van der Waals surface area (Å²) in [6.45, 7) is 3.47. The van der Waals surface area contributed by atoms with E-state index in [9.17, 15) is 18.0 Å². The fourth-order valence-corrected chi connectivity index (χ4v) is 2.76. The number of carbonyl (C=O) groups excluding carboxylic acids is 2. The number of hydrogen-bond acceptors (Lipinski definition) is 6. The van der Waals surface area contributed by atoms with Crippen molar-refractivity contribution >= 4 is 27.6 Å². The van der Waals surface area contributed by atoms with Crippen molar-refractivity contribution in [2.75, 3.05) is 11.9 Å². The molecule has 9 heteroatoms. The van der Waals surface area contributed by atoms with E-state index in [1.165, 1.54) is 31.2 Å². The largest absolute Gasteiger partial charge is 0.493 e. The summed E-state index contributed by atoms with van der Waals surface area (Å²) in [5, 5.41) is 7.55. The number of anilines is 1. The summed E-state index contributed by atoms with van der Waals surface area (Å²) in [6, 6.07) is 12.7. The Bertz CT molecular complexity index is 941. The maximum atomic E-state index is 12.1. The van der Waals surface area contributed by atoms with Gasteiger partial charge in [-0.1, -0.05) is 18.2 Å². The van der Waals surface area contributed by atoms with Crippen LogP contribution in [0.3, 0.4) is 0 Å². The lowest BCUT2D eigenvalue weighted by atomic mass is 10.2. The third-order valence-corrected chi connectivity index (χ3v) is 4.71. The minimum absolute atomic E-state index is 0.00495. The van der Waals surface area contributed by atoms with Crippen molar-refractivity contribution in [1.82, 2.24) is 0 Å². The minimum Gasteiger partial charge on any atom is -0.493 e. The Kier molecular flexibility index (Phi) is 7.13. The van der Waals surface area contributed by atoms with Crippen LogP contribution in [0.1, 0.15) is 18.9 Å².